The number of carbonyl (C=O) groups is 3. The lowest BCUT2D eigenvalue weighted by atomic mass is 9.97. The van der Waals surface area contributed by atoms with E-state index in [9.17, 15) is 14.4 Å². The van der Waals surface area contributed by atoms with Crippen LogP contribution in [-0.4, -0.2) is 34.9 Å². The molecule has 1 aliphatic rings. The first kappa shape index (κ1) is 19.0. The van der Waals surface area contributed by atoms with Gasteiger partial charge in [-0.05, 0) is 52.0 Å². The summed E-state index contributed by atoms with van der Waals surface area (Å²) in [5.74, 6) is -1.06. The van der Waals surface area contributed by atoms with E-state index in [1.165, 1.54) is 36.0 Å². The lowest BCUT2D eigenvalue weighted by Gasteiger charge is -2.15. The minimum Gasteiger partial charge on any atom is -0.448 e. The Bertz CT molecular complexity index is 688. The summed E-state index contributed by atoms with van der Waals surface area (Å²) in [6.07, 6.45) is 8.46. The van der Waals surface area contributed by atoms with Crippen LogP contribution in [0.4, 0.5) is 0 Å². The highest BCUT2D eigenvalue weighted by Gasteiger charge is 2.21. The van der Waals surface area contributed by atoms with Crippen LogP contribution in [0.5, 0.6) is 0 Å². The molecule has 1 amide bonds. The Morgan fingerprint density at radius 2 is 2.08 bits per heavy atom. The van der Waals surface area contributed by atoms with Crippen molar-refractivity contribution in [2.24, 2.45) is 7.05 Å². The monoisotopic (exact) mass is 346 g/mol. The summed E-state index contributed by atoms with van der Waals surface area (Å²) in [6.45, 7) is 3.52. The number of Topliss-reactive ketones (excluding diaryl/α,β-unsaturated/α-hetero) is 1. The van der Waals surface area contributed by atoms with Crippen LogP contribution < -0.4 is 5.32 Å². The molecule has 1 atom stereocenters. The first-order valence-corrected chi connectivity index (χ1v) is 8.72. The van der Waals surface area contributed by atoms with Crippen molar-refractivity contribution < 1.29 is 19.1 Å². The highest BCUT2D eigenvalue weighted by atomic mass is 16.5. The molecular formula is C19H26N2O4. The normalized spacial score (nSPS) is 15.2. The van der Waals surface area contributed by atoms with Crippen LogP contribution in [0.3, 0.4) is 0 Å². The highest BCUT2D eigenvalue weighted by molar-refractivity contribution is 5.98. The van der Waals surface area contributed by atoms with E-state index >= 15 is 0 Å². The third-order valence-electron chi connectivity index (χ3n) is 4.40. The number of hydrogen-bond donors (Lipinski definition) is 1. The summed E-state index contributed by atoms with van der Waals surface area (Å²) in [5, 5.41) is 2.81. The maximum Gasteiger partial charge on any atom is 0.355 e. The van der Waals surface area contributed by atoms with Gasteiger partial charge in [-0.3, -0.25) is 9.59 Å². The molecule has 0 fully saturated rings. The lowest BCUT2D eigenvalue weighted by Crippen LogP contribution is -2.36. The third-order valence-corrected chi connectivity index (χ3v) is 4.40. The first-order chi connectivity index (χ1) is 11.9. The van der Waals surface area contributed by atoms with Crippen LogP contribution in [0.25, 0.3) is 0 Å². The van der Waals surface area contributed by atoms with Gasteiger partial charge in [-0.2, -0.15) is 0 Å². The predicted octanol–water partition coefficient (Wildman–Crippen LogP) is 2.78. The number of aromatic nitrogens is 1. The van der Waals surface area contributed by atoms with Gasteiger partial charge >= 0.3 is 5.97 Å². The summed E-state index contributed by atoms with van der Waals surface area (Å²) in [7, 11) is 1.66. The second kappa shape index (κ2) is 8.65. The number of carbonyl (C=O) groups excluding carboxylic acids is 3. The summed E-state index contributed by atoms with van der Waals surface area (Å²) in [5.41, 5.74) is 2.07. The van der Waals surface area contributed by atoms with Gasteiger partial charge in [-0.15, -0.1) is 0 Å². The van der Waals surface area contributed by atoms with E-state index in [1.807, 2.05) is 0 Å². The largest absolute Gasteiger partial charge is 0.448 e. The molecule has 1 N–H and O–H groups in total. The Morgan fingerprint density at radius 3 is 2.68 bits per heavy atom. The van der Waals surface area contributed by atoms with Crippen LogP contribution in [0.2, 0.25) is 0 Å². The van der Waals surface area contributed by atoms with Gasteiger partial charge < -0.3 is 14.6 Å². The topological polar surface area (TPSA) is 77.4 Å². The van der Waals surface area contributed by atoms with Crippen molar-refractivity contribution in [2.45, 2.75) is 52.1 Å². The number of nitrogens with one attached hydrogen (secondary N) is 1. The molecule has 0 aromatic carbocycles. The zero-order valence-electron chi connectivity index (χ0n) is 15.1. The molecule has 25 heavy (non-hydrogen) atoms. The second-order valence-corrected chi connectivity index (χ2v) is 6.48. The van der Waals surface area contributed by atoms with Crippen molar-refractivity contribution >= 4 is 17.7 Å². The Hall–Kier alpha value is -2.37. The van der Waals surface area contributed by atoms with Crippen LogP contribution in [0, 0.1) is 0 Å². The van der Waals surface area contributed by atoms with Crippen LogP contribution in [-0.2, 0) is 16.6 Å². The molecule has 0 aliphatic heterocycles. The molecule has 0 saturated carbocycles. The number of ether oxygens (including phenoxy) is 1. The Morgan fingerprint density at radius 1 is 1.32 bits per heavy atom. The van der Waals surface area contributed by atoms with E-state index in [1.54, 1.807) is 20.2 Å². The van der Waals surface area contributed by atoms with E-state index < -0.39 is 12.1 Å². The Kier molecular flexibility index (Phi) is 6.56. The lowest BCUT2D eigenvalue weighted by molar-refractivity contribution is -0.129. The van der Waals surface area contributed by atoms with Crippen molar-refractivity contribution in [2.75, 3.05) is 6.54 Å². The molecule has 1 aromatic heterocycles. The summed E-state index contributed by atoms with van der Waals surface area (Å²) in [6, 6.07) is 1.48. The average Bonchev–Trinajstić information content (AvgIpc) is 2.98. The van der Waals surface area contributed by atoms with Gasteiger partial charge in [0.25, 0.3) is 5.91 Å². The van der Waals surface area contributed by atoms with E-state index in [0.29, 0.717) is 12.1 Å². The molecule has 0 saturated heterocycles. The molecule has 0 spiro atoms. The SMILES string of the molecule is CC(=O)c1cc(C(=O)O[C@@H](C)C(=O)NCCC2=CCCCC2)n(C)c1. The first-order valence-electron chi connectivity index (χ1n) is 8.72. The summed E-state index contributed by atoms with van der Waals surface area (Å²) >= 11 is 0. The molecule has 6 nitrogen and oxygen atoms in total. The van der Waals surface area contributed by atoms with Crippen molar-refractivity contribution in [3.63, 3.8) is 0 Å². The molecular weight excluding hydrogens is 320 g/mol. The second-order valence-electron chi connectivity index (χ2n) is 6.48. The third kappa shape index (κ3) is 5.31. The van der Waals surface area contributed by atoms with E-state index in [0.717, 1.165) is 19.3 Å². The summed E-state index contributed by atoms with van der Waals surface area (Å²) in [4.78, 5) is 35.7. The van der Waals surface area contributed by atoms with Crippen LogP contribution in [0.1, 0.15) is 66.8 Å². The maximum absolute atomic E-state index is 12.2. The van der Waals surface area contributed by atoms with E-state index in [4.69, 9.17) is 4.74 Å². The quantitative estimate of drug-likeness (QED) is 0.468. The molecule has 1 aromatic rings. The predicted molar refractivity (Wildman–Crippen MR) is 94.5 cm³/mol. The molecule has 1 aliphatic carbocycles. The number of aryl methyl sites for hydroxylation is 1. The fourth-order valence-corrected chi connectivity index (χ4v) is 2.86. The molecule has 0 bridgehead atoms. The van der Waals surface area contributed by atoms with Gasteiger partial charge in [-0.25, -0.2) is 4.79 Å². The van der Waals surface area contributed by atoms with Crippen molar-refractivity contribution in [1.82, 2.24) is 9.88 Å². The molecule has 136 valence electrons. The summed E-state index contributed by atoms with van der Waals surface area (Å²) < 4.78 is 6.74. The average molecular weight is 346 g/mol. The number of nitrogens with zero attached hydrogens (tertiary/aromatic N) is 1. The zero-order valence-corrected chi connectivity index (χ0v) is 15.1. The van der Waals surface area contributed by atoms with Crippen LogP contribution in [0.15, 0.2) is 23.9 Å². The van der Waals surface area contributed by atoms with E-state index in [-0.39, 0.29) is 17.4 Å². The van der Waals surface area contributed by atoms with Gasteiger partial charge in [0.1, 0.15) is 5.69 Å². The number of amides is 1. The van der Waals surface area contributed by atoms with Gasteiger partial charge in [0.15, 0.2) is 11.9 Å². The van der Waals surface area contributed by atoms with Crippen LogP contribution >= 0.6 is 0 Å². The molecule has 2 rings (SSSR count). The molecule has 6 heteroatoms. The molecule has 0 radical (unpaired) electrons. The van der Waals surface area contributed by atoms with Crippen molar-refractivity contribution in [1.29, 1.82) is 0 Å². The zero-order chi connectivity index (χ0) is 18.4. The van der Waals surface area contributed by atoms with Gasteiger partial charge in [0.2, 0.25) is 0 Å². The minimum atomic E-state index is -0.886. The fraction of sp³-hybridized carbons (Fsp3) is 0.526. The number of ketones is 1. The van der Waals surface area contributed by atoms with Gasteiger partial charge in [0, 0.05) is 25.4 Å². The highest BCUT2D eigenvalue weighted by Crippen LogP contribution is 2.19. The molecule has 0 unspecified atom stereocenters. The number of hydrogen-bond acceptors (Lipinski definition) is 4. The van der Waals surface area contributed by atoms with E-state index in [2.05, 4.69) is 11.4 Å². The maximum atomic E-state index is 12.2. The Balaban J connectivity index is 1.82. The standard InChI is InChI=1S/C19H26N2O4/c1-13(22)16-11-17(21(3)12-16)19(24)25-14(2)18(23)20-10-9-15-7-5-4-6-8-15/h7,11-12,14H,4-6,8-10H2,1-3H3,(H,20,23)/t14-/m0/s1. The van der Waals surface area contributed by atoms with Crippen molar-refractivity contribution in [3.8, 4) is 0 Å². The van der Waals surface area contributed by atoms with Crippen molar-refractivity contribution in [3.05, 3.63) is 35.2 Å². The number of rotatable bonds is 7. The minimum absolute atomic E-state index is 0.127. The smallest absolute Gasteiger partial charge is 0.355 e. The number of allylic oxidation sites excluding steroid dienone is 1. The molecule has 1 heterocycles. The Labute approximate surface area is 148 Å². The fourth-order valence-electron chi connectivity index (χ4n) is 2.86. The van der Waals surface area contributed by atoms with Gasteiger partial charge in [-0.1, -0.05) is 11.6 Å². The number of esters is 1. The van der Waals surface area contributed by atoms with Gasteiger partial charge in [0.05, 0.1) is 0 Å².